The lowest BCUT2D eigenvalue weighted by molar-refractivity contribution is 1.23. The third-order valence-electron chi connectivity index (χ3n) is 2.53. The number of benzene rings is 1. The molecule has 0 fully saturated rings. The number of rotatable bonds is 1. The van der Waals surface area contributed by atoms with E-state index in [0.717, 1.165) is 21.5 Å². The summed E-state index contributed by atoms with van der Waals surface area (Å²) in [5.74, 6) is 0. The molecule has 0 spiro atoms. The van der Waals surface area contributed by atoms with E-state index in [1.165, 1.54) is 0 Å². The van der Waals surface area contributed by atoms with E-state index in [-0.39, 0.29) is 0 Å². The number of nitriles is 1. The number of thiophene rings is 1. The largest absolute Gasteiger partial charge is 0.235 e. The van der Waals surface area contributed by atoms with Gasteiger partial charge >= 0.3 is 0 Å². The Morgan fingerprint density at radius 2 is 1.88 bits per heavy atom. The fourth-order valence-electron chi connectivity index (χ4n) is 1.70. The van der Waals surface area contributed by atoms with Crippen molar-refractivity contribution in [3.8, 4) is 17.3 Å². The van der Waals surface area contributed by atoms with Gasteiger partial charge in [-0.25, -0.2) is 9.97 Å². The van der Waals surface area contributed by atoms with Gasteiger partial charge in [0, 0.05) is 5.56 Å². The predicted octanol–water partition coefficient (Wildman–Crippen LogP) is 3.23. The molecule has 3 rings (SSSR count). The van der Waals surface area contributed by atoms with Crippen molar-refractivity contribution < 1.29 is 0 Å². The minimum atomic E-state index is 0.658. The van der Waals surface area contributed by atoms with Gasteiger partial charge in [0.05, 0.1) is 27.5 Å². The van der Waals surface area contributed by atoms with Crippen LogP contribution in [0.5, 0.6) is 0 Å². The maximum absolute atomic E-state index is 8.76. The smallest absolute Gasteiger partial charge is 0.116 e. The van der Waals surface area contributed by atoms with Gasteiger partial charge in [-0.2, -0.15) is 5.26 Å². The standard InChI is InChI=1S/C13H7N3S/c14-7-9-1-3-10(4-2-9)12-13-11(5-6-17-13)15-8-16-12/h1-6,8H. The van der Waals surface area contributed by atoms with Crippen molar-refractivity contribution in [3.05, 3.63) is 47.6 Å². The highest BCUT2D eigenvalue weighted by molar-refractivity contribution is 7.17. The van der Waals surface area contributed by atoms with Gasteiger partial charge in [-0.1, -0.05) is 12.1 Å². The average Bonchev–Trinajstić information content (AvgIpc) is 2.87. The summed E-state index contributed by atoms with van der Waals surface area (Å²) in [5.41, 5.74) is 3.56. The highest BCUT2D eigenvalue weighted by Crippen LogP contribution is 2.29. The van der Waals surface area contributed by atoms with Crippen LogP contribution in [-0.4, -0.2) is 9.97 Å². The van der Waals surface area contributed by atoms with E-state index in [1.807, 2.05) is 23.6 Å². The summed E-state index contributed by atoms with van der Waals surface area (Å²) in [6.45, 7) is 0. The number of nitrogens with zero attached hydrogens (tertiary/aromatic N) is 3. The molecular weight excluding hydrogens is 230 g/mol. The molecule has 2 heterocycles. The molecular formula is C13H7N3S. The fourth-order valence-corrected chi connectivity index (χ4v) is 2.55. The molecule has 0 saturated heterocycles. The Bertz CT molecular complexity index is 707. The fraction of sp³-hybridized carbons (Fsp3) is 0. The third kappa shape index (κ3) is 1.67. The second-order valence-electron chi connectivity index (χ2n) is 3.55. The van der Waals surface area contributed by atoms with Gasteiger partial charge in [0.1, 0.15) is 6.33 Å². The average molecular weight is 237 g/mol. The highest BCUT2D eigenvalue weighted by Gasteiger charge is 2.07. The first-order valence-corrected chi connectivity index (χ1v) is 5.95. The summed E-state index contributed by atoms with van der Waals surface area (Å²) in [5, 5.41) is 10.8. The summed E-state index contributed by atoms with van der Waals surface area (Å²) in [7, 11) is 0. The lowest BCUT2D eigenvalue weighted by Gasteiger charge is -2.01. The molecule has 0 aliphatic rings. The van der Waals surface area contributed by atoms with Gasteiger partial charge in [-0.3, -0.25) is 0 Å². The van der Waals surface area contributed by atoms with Crippen LogP contribution >= 0.6 is 11.3 Å². The van der Waals surface area contributed by atoms with E-state index in [1.54, 1.807) is 29.8 Å². The number of aromatic nitrogens is 2. The Morgan fingerprint density at radius 1 is 1.06 bits per heavy atom. The quantitative estimate of drug-likeness (QED) is 0.652. The molecule has 0 bridgehead atoms. The molecule has 0 radical (unpaired) electrons. The minimum absolute atomic E-state index is 0.658. The van der Waals surface area contributed by atoms with Crippen LogP contribution in [0.4, 0.5) is 0 Å². The van der Waals surface area contributed by atoms with Crippen LogP contribution < -0.4 is 0 Å². The molecule has 3 nitrogen and oxygen atoms in total. The van der Waals surface area contributed by atoms with Crippen molar-refractivity contribution in [3.63, 3.8) is 0 Å². The number of hydrogen-bond donors (Lipinski definition) is 0. The zero-order valence-corrected chi connectivity index (χ0v) is 9.61. The summed E-state index contributed by atoms with van der Waals surface area (Å²) in [6, 6.07) is 11.5. The molecule has 2 aromatic heterocycles. The first kappa shape index (κ1) is 9.94. The van der Waals surface area contributed by atoms with Crippen molar-refractivity contribution in [2.75, 3.05) is 0 Å². The van der Waals surface area contributed by atoms with E-state index in [9.17, 15) is 0 Å². The molecule has 0 aliphatic heterocycles. The van der Waals surface area contributed by atoms with Crippen molar-refractivity contribution in [1.82, 2.24) is 9.97 Å². The summed E-state index contributed by atoms with van der Waals surface area (Å²) >= 11 is 1.63. The summed E-state index contributed by atoms with van der Waals surface area (Å²) in [6.07, 6.45) is 1.57. The topological polar surface area (TPSA) is 49.6 Å². The van der Waals surface area contributed by atoms with Crippen molar-refractivity contribution in [1.29, 1.82) is 5.26 Å². The lowest BCUT2D eigenvalue weighted by Crippen LogP contribution is -1.85. The molecule has 4 heteroatoms. The monoisotopic (exact) mass is 237 g/mol. The molecule has 17 heavy (non-hydrogen) atoms. The molecule has 0 atom stereocenters. The van der Waals surface area contributed by atoms with Crippen LogP contribution in [0.3, 0.4) is 0 Å². The molecule has 1 aromatic carbocycles. The first-order valence-electron chi connectivity index (χ1n) is 5.07. The molecule has 0 amide bonds. The Kier molecular flexibility index (Phi) is 2.32. The molecule has 0 aliphatic carbocycles. The third-order valence-corrected chi connectivity index (χ3v) is 3.44. The van der Waals surface area contributed by atoms with E-state index >= 15 is 0 Å². The van der Waals surface area contributed by atoms with Crippen molar-refractivity contribution in [2.24, 2.45) is 0 Å². The van der Waals surface area contributed by atoms with Gasteiger partial charge in [0.15, 0.2) is 0 Å². The number of hydrogen-bond acceptors (Lipinski definition) is 4. The SMILES string of the molecule is N#Cc1ccc(-c2ncnc3ccsc23)cc1. The Hall–Kier alpha value is -2.25. The van der Waals surface area contributed by atoms with E-state index in [4.69, 9.17) is 5.26 Å². The summed E-state index contributed by atoms with van der Waals surface area (Å²) < 4.78 is 1.08. The van der Waals surface area contributed by atoms with E-state index < -0.39 is 0 Å². The Morgan fingerprint density at radius 3 is 2.65 bits per heavy atom. The molecule has 0 N–H and O–H groups in total. The number of fused-ring (bicyclic) bond motifs is 1. The maximum Gasteiger partial charge on any atom is 0.116 e. The Balaban J connectivity index is 2.20. The van der Waals surface area contributed by atoms with Crippen LogP contribution in [0.25, 0.3) is 21.5 Å². The second kappa shape index (κ2) is 3.96. The zero-order valence-electron chi connectivity index (χ0n) is 8.79. The van der Waals surface area contributed by atoms with Gasteiger partial charge in [-0.05, 0) is 23.6 Å². The highest BCUT2D eigenvalue weighted by atomic mass is 32.1. The lowest BCUT2D eigenvalue weighted by atomic mass is 10.1. The van der Waals surface area contributed by atoms with E-state index in [0.29, 0.717) is 5.56 Å². The van der Waals surface area contributed by atoms with Crippen LogP contribution in [0.2, 0.25) is 0 Å². The zero-order chi connectivity index (χ0) is 11.7. The minimum Gasteiger partial charge on any atom is -0.235 e. The maximum atomic E-state index is 8.76. The predicted molar refractivity (Wildman–Crippen MR) is 67.6 cm³/mol. The molecule has 0 saturated carbocycles. The molecule has 80 valence electrons. The van der Waals surface area contributed by atoms with Gasteiger partial charge in [-0.15, -0.1) is 11.3 Å². The molecule has 3 aromatic rings. The van der Waals surface area contributed by atoms with Crippen molar-refractivity contribution in [2.45, 2.75) is 0 Å². The van der Waals surface area contributed by atoms with E-state index in [2.05, 4.69) is 16.0 Å². The van der Waals surface area contributed by atoms with Gasteiger partial charge in [0.2, 0.25) is 0 Å². The Labute approximate surface area is 102 Å². The second-order valence-corrected chi connectivity index (χ2v) is 4.46. The van der Waals surface area contributed by atoms with Crippen LogP contribution in [0.15, 0.2) is 42.0 Å². The van der Waals surface area contributed by atoms with Gasteiger partial charge < -0.3 is 0 Å². The summed E-state index contributed by atoms with van der Waals surface area (Å²) in [4.78, 5) is 8.53. The normalized spacial score (nSPS) is 10.3. The van der Waals surface area contributed by atoms with Crippen LogP contribution in [-0.2, 0) is 0 Å². The van der Waals surface area contributed by atoms with Crippen LogP contribution in [0, 0.1) is 11.3 Å². The first-order chi connectivity index (χ1) is 8.38. The molecule has 0 unspecified atom stereocenters. The van der Waals surface area contributed by atoms with Crippen molar-refractivity contribution >= 4 is 21.6 Å². The van der Waals surface area contributed by atoms with Gasteiger partial charge in [0.25, 0.3) is 0 Å². The van der Waals surface area contributed by atoms with Crippen LogP contribution in [0.1, 0.15) is 5.56 Å².